The molecular weight excluding hydrogens is 123 g/mol. The molecule has 0 unspecified atom stereocenters. The van der Waals surface area contributed by atoms with Crippen molar-refractivity contribution in [1.82, 2.24) is 0 Å². The molecule has 0 fully saturated rings. The molecule has 0 aliphatic heterocycles. The van der Waals surface area contributed by atoms with Gasteiger partial charge in [0.15, 0.2) is 0 Å². The first-order valence-corrected chi connectivity index (χ1v) is 3.99. The maximum absolute atomic E-state index is 10.6. The topological polar surface area (TPSA) is 64.7 Å². The lowest BCUT2D eigenvalue weighted by molar-refractivity contribution is 0.588. The standard InChI is InChI=1S/C4H5N2OP/c1-2-8(7,3-5)4-6/h2H2,1H3. The van der Waals surface area contributed by atoms with Crippen LogP contribution in [0.2, 0.25) is 0 Å². The Hall–Kier alpha value is -0.790. The van der Waals surface area contributed by atoms with E-state index in [2.05, 4.69) is 0 Å². The molecule has 0 heterocycles. The first-order chi connectivity index (χ1) is 3.68. The summed E-state index contributed by atoms with van der Waals surface area (Å²) in [5.74, 6) is 2.94. The molecule has 0 aliphatic rings. The molecule has 0 bridgehead atoms. The lowest BCUT2D eigenvalue weighted by atomic mass is 11.0. The van der Waals surface area contributed by atoms with Crippen molar-refractivity contribution in [3.63, 3.8) is 0 Å². The molecule has 0 N–H and O–H groups in total. The van der Waals surface area contributed by atoms with Crippen LogP contribution in [-0.2, 0) is 4.57 Å². The number of nitriles is 2. The van der Waals surface area contributed by atoms with Crippen LogP contribution in [0.1, 0.15) is 6.92 Å². The summed E-state index contributed by atoms with van der Waals surface area (Å²) in [7, 11) is -3.05. The first-order valence-electron chi connectivity index (χ1n) is 2.10. The van der Waals surface area contributed by atoms with Crippen molar-refractivity contribution in [2.75, 3.05) is 6.16 Å². The molecule has 0 spiro atoms. The average molecular weight is 128 g/mol. The van der Waals surface area contributed by atoms with Gasteiger partial charge >= 0.3 is 0 Å². The van der Waals surface area contributed by atoms with Gasteiger partial charge in [0.1, 0.15) is 11.6 Å². The van der Waals surface area contributed by atoms with Gasteiger partial charge in [0, 0.05) is 6.16 Å². The zero-order valence-electron chi connectivity index (χ0n) is 4.46. The highest BCUT2D eigenvalue weighted by atomic mass is 31.2. The molecule has 0 amide bonds. The van der Waals surface area contributed by atoms with Gasteiger partial charge in [0.05, 0.1) is 0 Å². The Bertz CT molecular complexity index is 179. The van der Waals surface area contributed by atoms with Gasteiger partial charge in [0.25, 0.3) is 7.14 Å². The summed E-state index contributed by atoms with van der Waals surface area (Å²) in [4.78, 5) is 0. The van der Waals surface area contributed by atoms with Crippen molar-refractivity contribution in [2.45, 2.75) is 6.92 Å². The Morgan fingerprint density at radius 3 is 1.88 bits per heavy atom. The minimum Gasteiger partial charge on any atom is -0.292 e. The molecule has 42 valence electrons. The highest BCUT2D eigenvalue weighted by molar-refractivity contribution is 7.73. The van der Waals surface area contributed by atoms with Gasteiger partial charge in [0.2, 0.25) is 0 Å². The number of hydrogen-bond acceptors (Lipinski definition) is 3. The summed E-state index contributed by atoms with van der Waals surface area (Å²) in [6.45, 7) is 1.56. The minimum absolute atomic E-state index is 0.153. The Morgan fingerprint density at radius 2 is 1.88 bits per heavy atom. The van der Waals surface area contributed by atoms with Crippen LogP contribution in [0.3, 0.4) is 0 Å². The highest BCUT2D eigenvalue weighted by Gasteiger charge is 2.15. The molecule has 0 aromatic rings. The van der Waals surface area contributed by atoms with E-state index < -0.39 is 7.14 Å². The quantitative estimate of drug-likeness (QED) is 0.500. The third-order valence-corrected chi connectivity index (χ3v) is 2.31. The van der Waals surface area contributed by atoms with Crippen LogP contribution in [0.15, 0.2) is 0 Å². The summed E-state index contributed by atoms with van der Waals surface area (Å²) in [6, 6.07) is 0. The SMILES string of the molecule is CCP(=O)(C#N)C#N. The minimum atomic E-state index is -3.05. The van der Waals surface area contributed by atoms with E-state index in [0.29, 0.717) is 0 Å². The zero-order chi connectivity index (χ0) is 6.62. The van der Waals surface area contributed by atoms with E-state index in [-0.39, 0.29) is 6.16 Å². The normalized spacial score (nSPS) is 9.38. The van der Waals surface area contributed by atoms with Crippen molar-refractivity contribution in [1.29, 1.82) is 10.5 Å². The molecule has 0 aliphatic carbocycles. The molecule has 0 saturated heterocycles. The van der Waals surface area contributed by atoms with Gasteiger partial charge in [-0.15, -0.1) is 0 Å². The van der Waals surface area contributed by atoms with Gasteiger partial charge in [-0.2, -0.15) is 10.5 Å². The van der Waals surface area contributed by atoms with Gasteiger partial charge in [-0.25, -0.2) is 0 Å². The van der Waals surface area contributed by atoms with Crippen molar-refractivity contribution in [2.24, 2.45) is 0 Å². The van der Waals surface area contributed by atoms with Gasteiger partial charge in [-0.05, 0) is 0 Å². The van der Waals surface area contributed by atoms with Crippen molar-refractivity contribution in [3.05, 3.63) is 0 Å². The fourth-order valence-corrected chi connectivity index (χ4v) is 0.491. The number of rotatable bonds is 1. The highest BCUT2D eigenvalue weighted by Crippen LogP contribution is 2.41. The largest absolute Gasteiger partial charge is 0.292 e. The maximum atomic E-state index is 10.6. The average Bonchev–Trinajstić information content (AvgIpc) is 1.87. The fraction of sp³-hybridized carbons (Fsp3) is 0.500. The van der Waals surface area contributed by atoms with E-state index >= 15 is 0 Å². The van der Waals surface area contributed by atoms with Crippen LogP contribution in [0, 0.1) is 22.1 Å². The van der Waals surface area contributed by atoms with E-state index in [1.165, 1.54) is 11.6 Å². The molecule has 0 atom stereocenters. The fourth-order valence-electron chi connectivity index (χ4n) is 0.164. The second-order valence-corrected chi connectivity index (χ2v) is 3.77. The molecule has 0 aromatic carbocycles. The van der Waals surface area contributed by atoms with Crippen LogP contribution in [0.25, 0.3) is 0 Å². The van der Waals surface area contributed by atoms with Crippen LogP contribution in [-0.4, -0.2) is 6.16 Å². The van der Waals surface area contributed by atoms with Gasteiger partial charge in [-0.1, -0.05) is 6.92 Å². The predicted octanol–water partition coefficient (Wildman–Crippen LogP) is 1.33. The van der Waals surface area contributed by atoms with E-state index in [0.717, 1.165) is 0 Å². The second kappa shape index (κ2) is 2.50. The Kier molecular flexibility index (Phi) is 2.25. The Morgan fingerprint density at radius 1 is 1.50 bits per heavy atom. The van der Waals surface area contributed by atoms with E-state index in [4.69, 9.17) is 10.5 Å². The van der Waals surface area contributed by atoms with Crippen LogP contribution in [0.5, 0.6) is 0 Å². The van der Waals surface area contributed by atoms with Crippen LogP contribution >= 0.6 is 7.14 Å². The third kappa shape index (κ3) is 1.37. The lowest BCUT2D eigenvalue weighted by Gasteiger charge is -1.88. The Labute approximate surface area is 47.9 Å². The van der Waals surface area contributed by atoms with Crippen LogP contribution in [0.4, 0.5) is 0 Å². The van der Waals surface area contributed by atoms with Crippen molar-refractivity contribution < 1.29 is 4.57 Å². The summed E-state index contributed by atoms with van der Waals surface area (Å²) in [6.07, 6.45) is 0.153. The number of nitrogens with zero attached hydrogens (tertiary/aromatic N) is 2. The zero-order valence-corrected chi connectivity index (χ0v) is 5.35. The molecule has 0 saturated carbocycles. The lowest BCUT2D eigenvalue weighted by Crippen LogP contribution is -1.74. The summed E-state index contributed by atoms with van der Waals surface area (Å²) in [5, 5.41) is 16.1. The molecule has 0 radical (unpaired) electrons. The summed E-state index contributed by atoms with van der Waals surface area (Å²) >= 11 is 0. The van der Waals surface area contributed by atoms with E-state index in [1.54, 1.807) is 6.92 Å². The summed E-state index contributed by atoms with van der Waals surface area (Å²) in [5.41, 5.74) is 0. The van der Waals surface area contributed by atoms with Gasteiger partial charge in [-0.3, -0.25) is 4.57 Å². The third-order valence-electron chi connectivity index (χ3n) is 0.768. The van der Waals surface area contributed by atoms with E-state index in [1.807, 2.05) is 0 Å². The van der Waals surface area contributed by atoms with Crippen LogP contribution < -0.4 is 0 Å². The Balaban J connectivity index is 4.38. The molecular formula is C4H5N2OP. The maximum Gasteiger partial charge on any atom is 0.273 e. The predicted molar refractivity (Wildman–Crippen MR) is 29.4 cm³/mol. The van der Waals surface area contributed by atoms with Crippen molar-refractivity contribution in [3.8, 4) is 11.6 Å². The van der Waals surface area contributed by atoms with Crippen molar-refractivity contribution >= 4 is 7.14 Å². The van der Waals surface area contributed by atoms with E-state index in [9.17, 15) is 4.57 Å². The molecule has 8 heavy (non-hydrogen) atoms. The van der Waals surface area contributed by atoms with Gasteiger partial charge < -0.3 is 0 Å². The molecule has 3 nitrogen and oxygen atoms in total. The molecule has 0 rings (SSSR count). The monoisotopic (exact) mass is 128 g/mol. The first kappa shape index (κ1) is 7.21. The second-order valence-electron chi connectivity index (χ2n) is 1.26. The molecule has 4 heteroatoms. The smallest absolute Gasteiger partial charge is 0.273 e. The molecule has 0 aromatic heterocycles. The number of hydrogen-bond donors (Lipinski definition) is 0. The summed E-state index contributed by atoms with van der Waals surface area (Å²) < 4.78 is 10.6.